The highest BCUT2D eigenvalue weighted by molar-refractivity contribution is 6.05. The monoisotopic (exact) mass is 399 g/mol. The predicted octanol–water partition coefficient (Wildman–Crippen LogP) is 1.27. The Bertz CT molecular complexity index is 1120. The van der Waals surface area contributed by atoms with Crippen molar-refractivity contribution in [3.8, 4) is 0 Å². The summed E-state index contributed by atoms with van der Waals surface area (Å²) in [4.78, 5) is 32.2. The molecule has 0 spiro atoms. The number of aromatic amines is 1. The number of amides is 1. The van der Waals surface area contributed by atoms with Crippen molar-refractivity contribution in [2.75, 3.05) is 6.61 Å². The van der Waals surface area contributed by atoms with Crippen molar-refractivity contribution >= 4 is 16.9 Å². The summed E-state index contributed by atoms with van der Waals surface area (Å²) < 4.78 is 1.65. The summed E-state index contributed by atoms with van der Waals surface area (Å²) in [5, 5.41) is 26.9. The Morgan fingerprint density at radius 2 is 2.03 bits per heavy atom. The van der Waals surface area contributed by atoms with E-state index in [1.54, 1.807) is 17.8 Å². The molecule has 0 bridgehead atoms. The highest BCUT2D eigenvalue weighted by atomic mass is 16.3. The Balaban J connectivity index is 2.00. The van der Waals surface area contributed by atoms with Crippen molar-refractivity contribution in [1.82, 2.24) is 25.1 Å². The third-order valence-electron chi connectivity index (χ3n) is 4.75. The van der Waals surface area contributed by atoms with Gasteiger partial charge < -0.3 is 20.5 Å². The van der Waals surface area contributed by atoms with Gasteiger partial charge in [0, 0.05) is 23.8 Å². The molecule has 3 rings (SSSR count). The lowest BCUT2D eigenvalue weighted by Crippen LogP contribution is -2.28. The Hall–Kier alpha value is -3.04. The van der Waals surface area contributed by atoms with Gasteiger partial charge in [-0.2, -0.15) is 5.10 Å². The Kier molecular flexibility index (Phi) is 5.81. The lowest BCUT2D eigenvalue weighted by molar-refractivity contribution is 0.0914. The van der Waals surface area contributed by atoms with Crippen molar-refractivity contribution in [1.29, 1.82) is 0 Å². The maximum atomic E-state index is 12.9. The molecule has 4 N–H and O–H groups in total. The number of nitrogens with one attached hydrogen (secondary N) is 2. The van der Waals surface area contributed by atoms with Crippen LogP contribution in [0.2, 0.25) is 0 Å². The van der Waals surface area contributed by atoms with Crippen molar-refractivity contribution in [3.05, 3.63) is 56.8 Å². The smallest absolute Gasteiger partial charge is 0.253 e. The zero-order valence-corrected chi connectivity index (χ0v) is 16.9. The van der Waals surface area contributed by atoms with Crippen LogP contribution >= 0.6 is 0 Å². The first kappa shape index (κ1) is 20.7. The number of nitrogens with zero attached hydrogens (tertiary/aromatic N) is 3. The number of aryl methyl sites for hydroxylation is 2. The minimum atomic E-state index is -1.22. The molecule has 1 atom stereocenters. The number of pyridine rings is 2. The van der Waals surface area contributed by atoms with Gasteiger partial charge in [0.05, 0.1) is 29.4 Å². The number of H-pyrrole nitrogens is 1. The number of carbonyl (C=O) groups is 1. The van der Waals surface area contributed by atoms with Crippen molar-refractivity contribution < 1.29 is 15.0 Å². The molecule has 9 nitrogen and oxygen atoms in total. The van der Waals surface area contributed by atoms with Crippen LogP contribution in [0.1, 0.15) is 58.9 Å². The zero-order chi connectivity index (χ0) is 21.3. The number of aliphatic hydroxyl groups excluding tert-OH is 2. The summed E-state index contributed by atoms with van der Waals surface area (Å²) >= 11 is 0. The quantitative estimate of drug-likeness (QED) is 0.493. The molecule has 1 unspecified atom stereocenters. The number of carbonyl (C=O) groups excluding carboxylic acids is 1. The molecule has 0 fully saturated rings. The fraction of sp³-hybridized carbons (Fsp3) is 0.400. The van der Waals surface area contributed by atoms with Crippen LogP contribution in [0.5, 0.6) is 0 Å². The first-order chi connectivity index (χ1) is 13.7. The molecule has 3 aromatic rings. The second-order valence-corrected chi connectivity index (χ2v) is 7.34. The number of fused-ring (bicyclic) bond motifs is 1. The lowest BCUT2D eigenvalue weighted by atomic mass is 10.1. The van der Waals surface area contributed by atoms with E-state index in [1.807, 2.05) is 26.8 Å². The molecule has 154 valence electrons. The van der Waals surface area contributed by atoms with E-state index in [0.717, 1.165) is 11.3 Å². The minimum absolute atomic E-state index is 0.00815. The van der Waals surface area contributed by atoms with Crippen molar-refractivity contribution in [3.63, 3.8) is 0 Å². The van der Waals surface area contributed by atoms with Gasteiger partial charge in [0.15, 0.2) is 5.65 Å². The Labute approximate surface area is 167 Å². The van der Waals surface area contributed by atoms with Crippen LogP contribution in [0.3, 0.4) is 0 Å². The molecule has 0 saturated carbocycles. The molecule has 0 aliphatic rings. The van der Waals surface area contributed by atoms with Crippen LogP contribution in [0, 0.1) is 13.8 Å². The molecule has 29 heavy (non-hydrogen) atoms. The van der Waals surface area contributed by atoms with Crippen molar-refractivity contribution in [2.45, 2.75) is 46.4 Å². The Morgan fingerprint density at radius 3 is 2.66 bits per heavy atom. The van der Waals surface area contributed by atoms with Crippen LogP contribution in [0.15, 0.2) is 23.1 Å². The SMILES string of the molecule is Cc1cc(C)c(CNC(=O)c2cc(C(O)CO)nc3c2cnn3C(C)C)c(=O)[nH]1. The molecular formula is C20H25N5O4. The molecule has 0 aromatic carbocycles. The van der Waals surface area contributed by atoms with E-state index >= 15 is 0 Å². The third kappa shape index (κ3) is 4.06. The highest BCUT2D eigenvalue weighted by Gasteiger charge is 2.20. The molecule has 1 amide bonds. The number of aliphatic hydroxyl groups is 2. The van der Waals surface area contributed by atoms with E-state index in [1.165, 1.54) is 6.07 Å². The summed E-state index contributed by atoms with van der Waals surface area (Å²) in [6, 6.07) is 3.28. The number of rotatable bonds is 6. The number of hydrogen-bond acceptors (Lipinski definition) is 6. The Morgan fingerprint density at radius 1 is 1.31 bits per heavy atom. The van der Waals surface area contributed by atoms with Gasteiger partial charge in [0.25, 0.3) is 11.5 Å². The standard InChI is InChI=1S/C20H25N5O4/c1-10(2)25-18-15(8-22-25)13(6-16(24-18)17(27)9-26)19(28)21-7-14-11(3)5-12(4)23-20(14)29/h5-6,8,10,17,26-27H,7,9H2,1-4H3,(H,21,28)(H,23,29). The average Bonchev–Trinajstić information content (AvgIpc) is 3.09. The molecule has 0 aliphatic carbocycles. The molecule has 0 saturated heterocycles. The summed E-state index contributed by atoms with van der Waals surface area (Å²) in [6.45, 7) is 7.00. The fourth-order valence-electron chi connectivity index (χ4n) is 3.23. The summed E-state index contributed by atoms with van der Waals surface area (Å²) in [5.74, 6) is -0.425. The average molecular weight is 399 g/mol. The molecule has 3 aromatic heterocycles. The van der Waals surface area contributed by atoms with Gasteiger partial charge in [-0.05, 0) is 45.4 Å². The van der Waals surface area contributed by atoms with Gasteiger partial charge in [-0.1, -0.05) is 0 Å². The lowest BCUT2D eigenvalue weighted by Gasteiger charge is -2.13. The van der Waals surface area contributed by atoms with Gasteiger partial charge in [-0.3, -0.25) is 9.59 Å². The molecule has 0 aliphatic heterocycles. The maximum Gasteiger partial charge on any atom is 0.253 e. The summed E-state index contributed by atoms with van der Waals surface area (Å²) in [6.07, 6.45) is 0.333. The van der Waals surface area contributed by atoms with Gasteiger partial charge >= 0.3 is 0 Å². The second-order valence-electron chi connectivity index (χ2n) is 7.34. The van der Waals surface area contributed by atoms with Crippen LogP contribution < -0.4 is 10.9 Å². The zero-order valence-electron chi connectivity index (χ0n) is 16.9. The van der Waals surface area contributed by atoms with E-state index in [4.69, 9.17) is 0 Å². The van der Waals surface area contributed by atoms with Crippen molar-refractivity contribution in [2.24, 2.45) is 0 Å². The predicted molar refractivity (Wildman–Crippen MR) is 108 cm³/mol. The van der Waals surface area contributed by atoms with Gasteiger partial charge in [-0.25, -0.2) is 9.67 Å². The second kappa shape index (κ2) is 8.14. The minimum Gasteiger partial charge on any atom is -0.393 e. The number of aromatic nitrogens is 4. The summed E-state index contributed by atoms with van der Waals surface area (Å²) in [7, 11) is 0. The normalized spacial score (nSPS) is 12.5. The largest absolute Gasteiger partial charge is 0.393 e. The van der Waals surface area contributed by atoms with Crippen LogP contribution in [-0.2, 0) is 6.54 Å². The van der Waals surface area contributed by atoms with E-state index in [-0.39, 0.29) is 29.4 Å². The molecule has 3 heterocycles. The molecular weight excluding hydrogens is 374 g/mol. The molecule has 0 radical (unpaired) electrons. The van der Waals surface area contributed by atoms with E-state index in [2.05, 4.69) is 20.4 Å². The topological polar surface area (TPSA) is 133 Å². The van der Waals surface area contributed by atoms with Crippen LogP contribution in [0.25, 0.3) is 11.0 Å². The van der Waals surface area contributed by atoms with Gasteiger partial charge in [-0.15, -0.1) is 0 Å². The van der Waals surface area contributed by atoms with Gasteiger partial charge in [0.1, 0.15) is 6.10 Å². The van der Waals surface area contributed by atoms with Gasteiger partial charge in [0.2, 0.25) is 0 Å². The molecule has 9 heteroatoms. The van der Waals surface area contributed by atoms with Crippen LogP contribution in [-0.4, -0.2) is 42.5 Å². The highest BCUT2D eigenvalue weighted by Crippen LogP contribution is 2.24. The van der Waals surface area contributed by atoms with Crippen LogP contribution in [0.4, 0.5) is 0 Å². The van der Waals surface area contributed by atoms with E-state index in [0.29, 0.717) is 16.6 Å². The number of hydrogen-bond donors (Lipinski definition) is 4. The van der Waals surface area contributed by atoms with E-state index in [9.17, 15) is 19.8 Å². The third-order valence-corrected chi connectivity index (χ3v) is 4.75. The summed E-state index contributed by atoms with van der Waals surface area (Å²) in [5.41, 5.74) is 2.66. The first-order valence-corrected chi connectivity index (χ1v) is 9.37. The first-order valence-electron chi connectivity index (χ1n) is 9.37. The fourth-order valence-corrected chi connectivity index (χ4v) is 3.23. The maximum absolute atomic E-state index is 12.9. The van der Waals surface area contributed by atoms with E-state index < -0.39 is 18.6 Å².